The summed E-state index contributed by atoms with van der Waals surface area (Å²) < 4.78 is 20.1. The van der Waals surface area contributed by atoms with Gasteiger partial charge in [-0.05, 0) is 13.8 Å². The normalized spacial score (nSPS) is 20.0. The summed E-state index contributed by atoms with van der Waals surface area (Å²) in [6.45, 7) is 3.33. The molecule has 0 aliphatic rings. The van der Waals surface area contributed by atoms with Gasteiger partial charge in [0.05, 0.1) is 0 Å². The Balaban J connectivity index is 3.44. The fourth-order valence-electron chi connectivity index (χ4n) is 0.306. The van der Waals surface area contributed by atoms with E-state index < -0.39 is 8.25 Å². The van der Waals surface area contributed by atoms with Crippen molar-refractivity contribution in [2.75, 3.05) is 0 Å². The zero-order valence-electron chi connectivity index (χ0n) is 5.77. The van der Waals surface area contributed by atoms with Crippen LogP contribution in [0.1, 0.15) is 13.8 Å². The third-order valence-electron chi connectivity index (χ3n) is 0.534. The second-order valence-corrected chi connectivity index (χ2v) is 4.11. The van der Waals surface area contributed by atoms with E-state index in [1.807, 2.05) is 0 Å². The molecule has 0 rings (SSSR count). The van der Waals surface area contributed by atoms with E-state index in [9.17, 15) is 4.57 Å². The fourth-order valence-corrected chi connectivity index (χ4v) is 1.44. The summed E-state index contributed by atoms with van der Waals surface area (Å²) in [6.07, 6.45) is 0. The Hall–Kier alpha value is 0.850. The van der Waals surface area contributed by atoms with Crippen LogP contribution in [0, 0.1) is 0 Å². The molecule has 0 bridgehead atoms. The highest BCUT2D eigenvalue weighted by molar-refractivity contribution is 7.81. The van der Waals surface area contributed by atoms with Crippen molar-refractivity contribution in [2.45, 2.75) is 24.7 Å². The minimum atomic E-state index is -2.39. The molecule has 0 aromatic heterocycles. The van der Waals surface area contributed by atoms with Crippen molar-refractivity contribution in [2.24, 2.45) is 0 Å². The van der Waals surface area contributed by atoms with Crippen LogP contribution in [0.5, 0.6) is 0 Å². The van der Waals surface area contributed by atoms with Crippen LogP contribution in [0.4, 0.5) is 0 Å². The first kappa shape index (κ1) is 10.8. The average Bonchev–Trinajstić information content (AvgIpc) is 1.58. The SMILES string of the molecule is CC(S)O[PH](=O)OC(C)S. The Morgan fingerprint density at radius 2 is 1.50 bits per heavy atom. The molecule has 2 atom stereocenters. The number of rotatable bonds is 4. The van der Waals surface area contributed by atoms with Crippen molar-refractivity contribution in [1.29, 1.82) is 0 Å². The Morgan fingerprint density at radius 1 is 1.20 bits per heavy atom. The van der Waals surface area contributed by atoms with E-state index in [0.717, 1.165) is 0 Å². The Morgan fingerprint density at radius 3 is 1.70 bits per heavy atom. The van der Waals surface area contributed by atoms with Gasteiger partial charge in [-0.25, -0.2) is 0 Å². The van der Waals surface area contributed by atoms with Gasteiger partial charge in [-0.1, -0.05) is 0 Å². The summed E-state index contributed by atoms with van der Waals surface area (Å²) in [5.74, 6) is 0. The lowest BCUT2D eigenvalue weighted by atomic mass is 10.9. The summed E-state index contributed by atoms with van der Waals surface area (Å²) in [6, 6.07) is 0. The molecular formula is C4H11O3PS2. The van der Waals surface area contributed by atoms with E-state index in [2.05, 4.69) is 25.3 Å². The molecule has 62 valence electrons. The lowest BCUT2D eigenvalue weighted by molar-refractivity contribution is 0.217. The van der Waals surface area contributed by atoms with E-state index in [1.165, 1.54) is 0 Å². The van der Waals surface area contributed by atoms with Crippen molar-refractivity contribution >= 4 is 33.5 Å². The summed E-state index contributed by atoms with van der Waals surface area (Å²) in [5.41, 5.74) is -0.725. The second-order valence-electron chi connectivity index (χ2n) is 1.68. The highest BCUT2D eigenvalue weighted by Crippen LogP contribution is 2.29. The third kappa shape index (κ3) is 6.96. The van der Waals surface area contributed by atoms with Gasteiger partial charge in [0.15, 0.2) is 0 Å². The van der Waals surface area contributed by atoms with Crippen LogP contribution < -0.4 is 0 Å². The molecule has 3 nitrogen and oxygen atoms in total. The van der Waals surface area contributed by atoms with Gasteiger partial charge in [-0.2, -0.15) is 0 Å². The zero-order chi connectivity index (χ0) is 8.15. The fraction of sp³-hybridized carbons (Fsp3) is 1.00. The van der Waals surface area contributed by atoms with Crippen molar-refractivity contribution in [1.82, 2.24) is 0 Å². The predicted octanol–water partition coefficient (Wildman–Crippen LogP) is 1.96. The number of thiol groups is 2. The quantitative estimate of drug-likeness (QED) is 0.415. The minimum absolute atomic E-state index is 0.363. The lowest BCUT2D eigenvalue weighted by Crippen LogP contribution is -1.96. The molecule has 0 aromatic rings. The van der Waals surface area contributed by atoms with Gasteiger partial charge < -0.3 is 0 Å². The maximum atomic E-state index is 10.7. The van der Waals surface area contributed by atoms with E-state index in [1.54, 1.807) is 13.8 Å². The first-order valence-electron chi connectivity index (χ1n) is 2.75. The van der Waals surface area contributed by atoms with E-state index in [-0.39, 0.29) is 10.9 Å². The largest absolute Gasteiger partial charge is 0.321 e. The van der Waals surface area contributed by atoms with Gasteiger partial charge in [0.2, 0.25) is 0 Å². The second kappa shape index (κ2) is 5.49. The molecule has 0 N–H and O–H groups in total. The first-order valence-corrected chi connectivity index (χ1v) is 5.01. The Labute approximate surface area is 72.2 Å². The van der Waals surface area contributed by atoms with Crippen LogP contribution >= 0.6 is 33.5 Å². The smallest absolute Gasteiger partial charge is 0.297 e. The van der Waals surface area contributed by atoms with Crippen LogP contribution in [-0.2, 0) is 13.6 Å². The molecule has 2 unspecified atom stereocenters. The molecule has 0 fully saturated rings. The summed E-state index contributed by atoms with van der Waals surface area (Å²) in [7, 11) is -2.39. The molecule has 0 aromatic carbocycles. The van der Waals surface area contributed by atoms with Crippen molar-refractivity contribution in [3.63, 3.8) is 0 Å². The summed E-state index contributed by atoms with van der Waals surface area (Å²) >= 11 is 7.72. The van der Waals surface area contributed by atoms with E-state index in [4.69, 9.17) is 9.05 Å². The van der Waals surface area contributed by atoms with Crippen molar-refractivity contribution in [3.8, 4) is 0 Å². The summed E-state index contributed by atoms with van der Waals surface area (Å²) in [4.78, 5) is 0. The molecule has 0 amide bonds. The Kier molecular flexibility index (Phi) is 5.96. The van der Waals surface area contributed by atoms with Gasteiger partial charge in [-0.15, -0.1) is 25.3 Å². The van der Waals surface area contributed by atoms with Crippen molar-refractivity contribution < 1.29 is 13.6 Å². The van der Waals surface area contributed by atoms with Gasteiger partial charge in [-0.3, -0.25) is 13.6 Å². The maximum absolute atomic E-state index is 10.7. The molecule has 0 radical (unpaired) electrons. The number of hydrogen-bond acceptors (Lipinski definition) is 5. The van der Waals surface area contributed by atoms with Gasteiger partial charge in [0, 0.05) is 0 Å². The van der Waals surface area contributed by atoms with Gasteiger partial charge in [0.25, 0.3) is 0 Å². The molecule has 6 heteroatoms. The molecule has 0 heterocycles. The Bertz CT molecular complexity index is 105. The third-order valence-corrected chi connectivity index (χ3v) is 2.23. The lowest BCUT2D eigenvalue weighted by Gasteiger charge is -2.08. The van der Waals surface area contributed by atoms with Gasteiger partial charge in [0.1, 0.15) is 10.9 Å². The van der Waals surface area contributed by atoms with E-state index in [0.29, 0.717) is 0 Å². The monoisotopic (exact) mass is 202 g/mol. The highest BCUT2D eigenvalue weighted by atomic mass is 32.1. The zero-order valence-corrected chi connectivity index (χ0v) is 8.56. The standard InChI is InChI=1S/C4H11O3PS2/c1-3(9)6-8(5)7-4(2)10/h3-4,8-10H,1-2H3. The predicted molar refractivity (Wildman–Crippen MR) is 48.1 cm³/mol. The molecule has 0 saturated carbocycles. The van der Waals surface area contributed by atoms with Crippen LogP contribution in [0.3, 0.4) is 0 Å². The molecule has 10 heavy (non-hydrogen) atoms. The van der Waals surface area contributed by atoms with Crippen LogP contribution in [-0.4, -0.2) is 10.9 Å². The van der Waals surface area contributed by atoms with Crippen LogP contribution in [0.25, 0.3) is 0 Å². The van der Waals surface area contributed by atoms with Gasteiger partial charge >= 0.3 is 8.25 Å². The molecule has 0 aliphatic heterocycles. The average molecular weight is 202 g/mol. The van der Waals surface area contributed by atoms with Crippen molar-refractivity contribution in [3.05, 3.63) is 0 Å². The topological polar surface area (TPSA) is 35.5 Å². The number of hydrogen-bond donors (Lipinski definition) is 2. The molecule has 0 aliphatic carbocycles. The molecular weight excluding hydrogens is 191 g/mol. The molecule has 0 saturated heterocycles. The molecule has 0 spiro atoms. The van der Waals surface area contributed by atoms with Crippen LogP contribution in [0.2, 0.25) is 0 Å². The maximum Gasteiger partial charge on any atom is 0.321 e. The summed E-state index contributed by atoms with van der Waals surface area (Å²) in [5, 5.41) is 0. The highest BCUT2D eigenvalue weighted by Gasteiger charge is 2.05. The first-order chi connectivity index (χ1) is 4.52. The minimum Gasteiger partial charge on any atom is -0.297 e. The van der Waals surface area contributed by atoms with E-state index >= 15 is 0 Å². The van der Waals surface area contributed by atoms with Crippen LogP contribution in [0.15, 0.2) is 0 Å².